The van der Waals surface area contributed by atoms with Gasteiger partial charge in [-0.2, -0.15) is 4.31 Å². The average Bonchev–Trinajstić information content (AvgIpc) is 3.01. The Morgan fingerprint density at radius 1 is 0.968 bits per heavy atom. The van der Waals surface area contributed by atoms with Crippen molar-refractivity contribution in [2.24, 2.45) is 0 Å². The second-order valence-corrected chi connectivity index (χ2v) is 10.2. The van der Waals surface area contributed by atoms with Crippen molar-refractivity contribution in [3.63, 3.8) is 0 Å². The summed E-state index contributed by atoms with van der Waals surface area (Å²) in [6, 6.07) is 10.8. The minimum absolute atomic E-state index is 0.177. The predicted octanol–water partition coefficient (Wildman–Crippen LogP) is 3.99. The van der Waals surface area contributed by atoms with Gasteiger partial charge in [0.05, 0.1) is 11.4 Å². The van der Waals surface area contributed by atoms with Gasteiger partial charge in [-0.3, -0.25) is 4.79 Å². The molecule has 0 spiro atoms. The van der Waals surface area contributed by atoms with E-state index in [2.05, 4.69) is 11.4 Å². The van der Waals surface area contributed by atoms with Gasteiger partial charge in [-0.15, -0.1) is 0 Å². The van der Waals surface area contributed by atoms with Crippen molar-refractivity contribution in [3.8, 4) is 5.75 Å². The minimum atomic E-state index is -3.60. The molecule has 0 unspecified atom stereocenters. The molecule has 1 amide bonds. The lowest BCUT2D eigenvalue weighted by Crippen LogP contribution is -2.32. The molecule has 2 aromatic carbocycles. The van der Waals surface area contributed by atoms with E-state index >= 15 is 0 Å². The highest BCUT2D eigenvalue weighted by molar-refractivity contribution is 7.89. The number of ether oxygens (including phenoxy) is 1. The zero-order valence-corrected chi connectivity index (χ0v) is 19.4. The number of carbonyl (C=O) groups is 1. The Labute approximate surface area is 185 Å². The predicted molar refractivity (Wildman–Crippen MR) is 122 cm³/mol. The molecule has 168 valence electrons. The third kappa shape index (κ3) is 6.08. The van der Waals surface area contributed by atoms with E-state index in [-0.39, 0.29) is 10.8 Å². The third-order valence-corrected chi connectivity index (χ3v) is 7.40. The molecule has 1 fully saturated rings. The molecule has 6 nitrogen and oxygen atoms in total. The molecule has 1 aliphatic heterocycles. The topological polar surface area (TPSA) is 75.7 Å². The molecule has 0 bridgehead atoms. The van der Waals surface area contributed by atoms with Gasteiger partial charge in [0.15, 0.2) is 0 Å². The number of hydrogen-bond donors (Lipinski definition) is 1. The van der Waals surface area contributed by atoms with Gasteiger partial charge in [-0.1, -0.05) is 25.0 Å². The normalized spacial score (nSPS) is 15.3. The Bertz CT molecular complexity index is 1010. The fourth-order valence-corrected chi connectivity index (χ4v) is 5.43. The Morgan fingerprint density at radius 2 is 1.61 bits per heavy atom. The van der Waals surface area contributed by atoms with Gasteiger partial charge in [0.25, 0.3) is 5.91 Å². The first-order valence-electron chi connectivity index (χ1n) is 10.9. The van der Waals surface area contributed by atoms with Crippen molar-refractivity contribution in [2.75, 3.05) is 26.2 Å². The van der Waals surface area contributed by atoms with Gasteiger partial charge >= 0.3 is 0 Å². The molecule has 7 heteroatoms. The first-order chi connectivity index (χ1) is 14.8. The first-order valence-corrected chi connectivity index (χ1v) is 12.3. The van der Waals surface area contributed by atoms with E-state index in [0.717, 1.165) is 48.1 Å². The molecule has 0 aliphatic carbocycles. The number of amides is 1. The highest BCUT2D eigenvalue weighted by Gasteiger charge is 2.26. The van der Waals surface area contributed by atoms with Crippen LogP contribution in [0.4, 0.5) is 0 Å². The van der Waals surface area contributed by atoms with Crippen molar-refractivity contribution in [1.29, 1.82) is 0 Å². The van der Waals surface area contributed by atoms with E-state index in [1.807, 2.05) is 32.9 Å². The number of nitrogens with zero attached hydrogens (tertiary/aromatic N) is 1. The molecule has 1 saturated heterocycles. The molecule has 0 saturated carbocycles. The van der Waals surface area contributed by atoms with E-state index in [9.17, 15) is 13.2 Å². The van der Waals surface area contributed by atoms with Crippen molar-refractivity contribution >= 4 is 15.9 Å². The van der Waals surface area contributed by atoms with E-state index < -0.39 is 10.0 Å². The third-order valence-electron chi connectivity index (χ3n) is 5.51. The van der Waals surface area contributed by atoms with Gasteiger partial charge in [0, 0.05) is 18.7 Å². The van der Waals surface area contributed by atoms with Crippen LogP contribution in [-0.4, -0.2) is 44.9 Å². The van der Waals surface area contributed by atoms with Crippen molar-refractivity contribution in [3.05, 3.63) is 58.7 Å². The number of aryl methyl sites for hydroxylation is 3. The highest BCUT2D eigenvalue weighted by Crippen LogP contribution is 2.23. The Balaban J connectivity index is 1.64. The molecule has 0 aromatic heterocycles. The van der Waals surface area contributed by atoms with Gasteiger partial charge in [-0.05, 0) is 74.6 Å². The number of sulfonamides is 1. The number of hydrogen-bond acceptors (Lipinski definition) is 4. The van der Waals surface area contributed by atoms with Gasteiger partial charge in [0.2, 0.25) is 10.0 Å². The molecule has 31 heavy (non-hydrogen) atoms. The van der Waals surface area contributed by atoms with Crippen LogP contribution in [0.25, 0.3) is 0 Å². The molecule has 0 radical (unpaired) electrons. The van der Waals surface area contributed by atoms with Crippen LogP contribution in [0.3, 0.4) is 0 Å². The van der Waals surface area contributed by atoms with E-state index in [1.165, 1.54) is 6.07 Å². The summed E-state index contributed by atoms with van der Waals surface area (Å²) in [5, 5.41) is 2.84. The Kier molecular flexibility index (Phi) is 7.73. The number of carbonyl (C=O) groups excluding carboxylic acids is 1. The zero-order valence-electron chi connectivity index (χ0n) is 18.6. The molecule has 3 rings (SSSR count). The van der Waals surface area contributed by atoms with Crippen molar-refractivity contribution < 1.29 is 17.9 Å². The maximum atomic E-state index is 13.1. The summed E-state index contributed by atoms with van der Waals surface area (Å²) in [6.45, 7) is 7.56. The Morgan fingerprint density at radius 3 is 2.26 bits per heavy atom. The average molecular weight is 445 g/mol. The van der Waals surface area contributed by atoms with Gasteiger partial charge in [-0.25, -0.2) is 8.42 Å². The first kappa shape index (κ1) is 23.3. The largest absolute Gasteiger partial charge is 0.492 e. The van der Waals surface area contributed by atoms with Crippen molar-refractivity contribution in [1.82, 2.24) is 9.62 Å². The molecule has 0 atom stereocenters. The van der Waals surface area contributed by atoms with Crippen LogP contribution in [0, 0.1) is 20.8 Å². The monoisotopic (exact) mass is 444 g/mol. The van der Waals surface area contributed by atoms with Crippen LogP contribution in [0.15, 0.2) is 41.3 Å². The summed E-state index contributed by atoms with van der Waals surface area (Å²) < 4.78 is 33.4. The Hall–Kier alpha value is -2.38. The van der Waals surface area contributed by atoms with Gasteiger partial charge in [0.1, 0.15) is 12.4 Å². The fraction of sp³-hybridized carbons (Fsp3) is 0.458. The smallest absolute Gasteiger partial charge is 0.251 e. The summed E-state index contributed by atoms with van der Waals surface area (Å²) in [5.41, 5.74) is 3.36. The zero-order chi connectivity index (χ0) is 22.4. The van der Waals surface area contributed by atoms with Crippen LogP contribution in [-0.2, 0) is 10.0 Å². The summed E-state index contributed by atoms with van der Waals surface area (Å²) in [5.74, 6) is 0.475. The standard InChI is InChI=1S/C24H32N2O4S/c1-18-14-19(2)16-21(15-18)30-13-10-25-24(27)23-17-22(9-8-20(23)3)31(28,29)26-11-6-4-5-7-12-26/h8-9,14-17H,4-7,10-13H2,1-3H3,(H,25,27). The second-order valence-electron chi connectivity index (χ2n) is 8.22. The molecule has 1 aliphatic rings. The second kappa shape index (κ2) is 10.3. The summed E-state index contributed by atoms with van der Waals surface area (Å²) in [6.07, 6.45) is 3.85. The van der Waals surface area contributed by atoms with Crippen LogP contribution < -0.4 is 10.1 Å². The highest BCUT2D eigenvalue weighted by atomic mass is 32.2. The van der Waals surface area contributed by atoms with E-state index in [1.54, 1.807) is 16.4 Å². The summed E-state index contributed by atoms with van der Waals surface area (Å²) in [7, 11) is -3.60. The molecule has 2 aromatic rings. The quantitative estimate of drug-likeness (QED) is 0.656. The van der Waals surface area contributed by atoms with E-state index in [4.69, 9.17) is 4.74 Å². The van der Waals surface area contributed by atoms with Crippen molar-refractivity contribution in [2.45, 2.75) is 51.3 Å². The van der Waals surface area contributed by atoms with Crippen LogP contribution in [0.1, 0.15) is 52.7 Å². The summed E-state index contributed by atoms with van der Waals surface area (Å²) >= 11 is 0. The summed E-state index contributed by atoms with van der Waals surface area (Å²) in [4.78, 5) is 12.9. The lowest BCUT2D eigenvalue weighted by atomic mass is 10.1. The number of rotatable bonds is 7. The maximum Gasteiger partial charge on any atom is 0.251 e. The minimum Gasteiger partial charge on any atom is -0.492 e. The molecule has 1 N–H and O–H groups in total. The number of benzene rings is 2. The van der Waals surface area contributed by atoms with Crippen LogP contribution in [0.2, 0.25) is 0 Å². The molecular weight excluding hydrogens is 412 g/mol. The number of nitrogens with one attached hydrogen (secondary N) is 1. The fourth-order valence-electron chi connectivity index (χ4n) is 3.88. The SMILES string of the molecule is Cc1cc(C)cc(OCCNC(=O)c2cc(S(=O)(=O)N3CCCCCC3)ccc2C)c1. The molecular formula is C24H32N2O4S. The van der Waals surface area contributed by atoms with Gasteiger partial charge < -0.3 is 10.1 Å². The van der Waals surface area contributed by atoms with Crippen LogP contribution in [0.5, 0.6) is 5.75 Å². The van der Waals surface area contributed by atoms with E-state index in [0.29, 0.717) is 31.8 Å². The lowest BCUT2D eigenvalue weighted by molar-refractivity contribution is 0.0946. The van der Waals surface area contributed by atoms with Crippen LogP contribution >= 0.6 is 0 Å². The maximum absolute atomic E-state index is 13.1. The lowest BCUT2D eigenvalue weighted by Gasteiger charge is -2.20. The molecule has 1 heterocycles.